The van der Waals surface area contributed by atoms with Crippen LogP contribution in [0.2, 0.25) is 0 Å². The molecule has 1 fully saturated rings. The smallest absolute Gasteiger partial charge is 0.220 e. The Morgan fingerprint density at radius 1 is 0.479 bits per heavy atom. The van der Waals surface area contributed by atoms with E-state index in [1.807, 2.05) is 6.08 Å². The molecule has 412 valence electrons. The van der Waals surface area contributed by atoms with E-state index in [2.05, 4.69) is 153 Å². The standard InChI is InChI=1S/C64H103NO8/c1-3-5-7-9-11-13-15-17-19-21-22-23-24-25-26-27-28-29-30-31-32-33-34-35-36-38-40-42-44-46-48-50-52-54-60(68)65-57(56-72-64-63(71)62(70)61(69)59(55-66)73-64)58(67)53-51-49-47-45-43-41-39-37-20-18-16-14-12-10-8-6-4-2/h5,7,11,13,17,19-20,22-23,25-26,28-29,31-32,34-35,37-38,40,43,45,51,53,57-59,61-64,66-67,69-71H,3-4,6,8-10,12,14-16,18,21,24,27,30,33,36,39,41-42,44,46-50,52,54-56H2,1-2H3,(H,65,68)/b7-5-,13-11-,19-17-,23-22-,26-25-,29-28-,32-31-,35-34-,37-20+,40-38-,45-43+,53-51+. The molecule has 9 heteroatoms. The lowest BCUT2D eigenvalue weighted by Crippen LogP contribution is -2.60. The minimum absolute atomic E-state index is 0.217. The number of nitrogens with one attached hydrogen (secondary N) is 1. The second-order valence-electron chi connectivity index (χ2n) is 19.0. The number of hydrogen-bond acceptors (Lipinski definition) is 8. The van der Waals surface area contributed by atoms with Gasteiger partial charge in [-0.3, -0.25) is 4.79 Å². The summed E-state index contributed by atoms with van der Waals surface area (Å²) in [6.45, 7) is 3.60. The Hall–Kier alpha value is -3.93. The summed E-state index contributed by atoms with van der Waals surface area (Å²) in [6, 6.07) is -0.850. The van der Waals surface area contributed by atoms with Gasteiger partial charge in [0.2, 0.25) is 5.91 Å². The highest BCUT2D eigenvalue weighted by atomic mass is 16.7. The summed E-state index contributed by atoms with van der Waals surface area (Å²) < 4.78 is 11.2. The first kappa shape index (κ1) is 67.1. The summed E-state index contributed by atoms with van der Waals surface area (Å²) in [6.07, 6.45) is 73.3. The Morgan fingerprint density at radius 3 is 1.32 bits per heavy atom. The zero-order chi connectivity index (χ0) is 52.9. The fraction of sp³-hybridized carbons (Fsp3) is 0.609. The van der Waals surface area contributed by atoms with Crippen molar-refractivity contribution >= 4 is 5.91 Å². The van der Waals surface area contributed by atoms with Gasteiger partial charge in [0.1, 0.15) is 24.4 Å². The van der Waals surface area contributed by atoms with Crippen molar-refractivity contribution in [3.63, 3.8) is 0 Å². The number of rotatable bonds is 46. The van der Waals surface area contributed by atoms with Crippen LogP contribution in [0.1, 0.15) is 194 Å². The molecular formula is C64H103NO8. The summed E-state index contributed by atoms with van der Waals surface area (Å²) >= 11 is 0. The average molecular weight is 1010 g/mol. The van der Waals surface area contributed by atoms with E-state index < -0.39 is 49.5 Å². The van der Waals surface area contributed by atoms with Crippen molar-refractivity contribution in [3.8, 4) is 0 Å². The highest BCUT2D eigenvalue weighted by Gasteiger charge is 2.44. The number of hydrogen-bond donors (Lipinski definition) is 6. The van der Waals surface area contributed by atoms with Crippen LogP contribution in [0.5, 0.6) is 0 Å². The van der Waals surface area contributed by atoms with Gasteiger partial charge in [0.15, 0.2) is 6.29 Å². The minimum Gasteiger partial charge on any atom is -0.394 e. The van der Waals surface area contributed by atoms with Gasteiger partial charge >= 0.3 is 0 Å². The van der Waals surface area contributed by atoms with E-state index in [9.17, 15) is 30.3 Å². The van der Waals surface area contributed by atoms with Crippen LogP contribution in [0, 0.1) is 0 Å². The van der Waals surface area contributed by atoms with Crippen molar-refractivity contribution in [2.75, 3.05) is 13.2 Å². The van der Waals surface area contributed by atoms with Crippen LogP contribution in [0.3, 0.4) is 0 Å². The number of allylic oxidation sites excluding steroid dienone is 23. The molecular weight excluding hydrogens is 911 g/mol. The van der Waals surface area contributed by atoms with Crippen LogP contribution in [0.15, 0.2) is 146 Å². The second kappa shape index (κ2) is 51.6. The molecule has 0 aromatic carbocycles. The normalized spacial score (nSPS) is 20.2. The van der Waals surface area contributed by atoms with E-state index in [-0.39, 0.29) is 12.5 Å². The first-order valence-electron chi connectivity index (χ1n) is 28.6. The van der Waals surface area contributed by atoms with Crippen molar-refractivity contribution in [1.82, 2.24) is 5.32 Å². The quantitative estimate of drug-likeness (QED) is 0.0261. The minimum atomic E-state index is -1.59. The highest BCUT2D eigenvalue weighted by Crippen LogP contribution is 2.22. The lowest BCUT2D eigenvalue weighted by Gasteiger charge is -2.40. The van der Waals surface area contributed by atoms with Gasteiger partial charge in [0, 0.05) is 6.42 Å². The van der Waals surface area contributed by atoms with Gasteiger partial charge in [-0.05, 0) is 116 Å². The summed E-state index contributed by atoms with van der Waals surface area (Å²) in [4.78, 5) is 13.0. The fourth-order valence-electron chi connectivity index (χ4n) is 7.88. The average Bonchev–Trinajstić information content (AvgIpc) is 3.39. The number of carbonyl (C=O) groups excluding carboxylic acids is 1. The van der Waals surface area contributed by atoms with E-state index in [0.29, 0.717) is 12.8 Å². The molecule has 0 radical (unpaired) electrons. The maximum Gasteiger partial charge on any atom is 0.220 e. The molecule has 0 aromatic rings. The monoisotopic (exact) mass is 1010 g/mol. The largest absolute Gasteiger partial charge is 0.394 e. The van der Waals surface area contributed by atoms with Gasteiger partial charge in [-0.2, -0.15) is 0 Å². The lowest BCUT2D eigenvalue weighted by molar-refractivity contribution is -0.302. The van der Waals surface area contributed by atoms with Crippen molar-refractivity contribution in [2.45, 2.75) is 236 Å². The fourth-order valence-corrected chi connectivity index (χ4v) is 7.88. The molecule has 1 rings (SSSR count). The molecule has 6 N–H and O–H groups in total. The molecule has 1 heterocycles. The third-order valence-electron chi connectivity index (χ3n) is 12.4. The molecule has 73 heavy (non-hydrogen) atoms. The molecule has 0 aromatic heterocycles. The number of aliphatic hydroxyl groups excluding tert-OH is 5. The topological polar surface area (TPSA) is 149 Å². The summed E-state index contributed by atoms with van der Waals surface area (Å²) in [7, 11) is 0. The van der Waals surface area contributed by atoms with Crippen LogP contribution in [-0.2, 0) is 14.3 Å². The van der Waals surface area contributed by atoms with Gasteiger partial charge in [-0.15, -0.1) is 0 Å². The van der Waals surface area contributed by atoms with E-state index in [1.54, 1.807) is 6.08 Å². The van der Waals surface area contributed by atoms with Crippen LogP contribution in [0.25, 0.3) is 0 Å². The number of aliphatic hydroxyl groups is 5. The van der Waals surface area contributed by atoms with Crippen molar-refractivity contribution in [1.29, 1.82) is 0 Å². The first-order valence-corrected chi connectivity index (χ1v) is 28.6. The zero-order valence-electron chi connectivity index (χ0n) is 45.6. The molecule has 1 aliphatic rings. The Bertz CT molecular complexity index is 1650. The molecule has 7 atom stereocenters. The van der Waals surface area contributed by atoms with Gasteiger partial charge in [0.25, 0.3) is 0 Å². The molecule has 0 bridgehead atoms. The molecule has 0 spiro atoms. The van der Waals surface area contributed by atoms with Crippen molar-refractivity contribution in [3.05, 3.63) is 146 Å². The Kier molecular flexibility index (Phi) is 47.4. The number of amides is 1. The lowest BCUT2D eigenvalue weighted by atomic mass is 9.99. The maximum atomic E-state index is 13.0. The van der Waals surface area contributed by atoms with Gasteiger partial charge in [-0.1, -0.05) is 217 Å². The predicted molar refractivity (Wildman–Crippen MR) is 308 cm³/mol. The molecule has 9 nitrogen and oxygen atoms in total. The highest BCUT2D eigenvalue weighted by molar-refractivity contribution is 5.76. The van der Waals surface area contributed by atoms with Gasteiger partial charge in [-0.25, -0.2) is 0 Å². The second-order valence-corrected chi connectivity index (χ2v) is 19.0. The van der Waals surface area contributed by atoms with Crippen LogP contribution in [0.4, 0.5) is 0 Å². The third-order valence-corrected chi connectivity index (χ3v) is 12.4. The van der Waals surface area contributed by atoms with Gasteiger partial charge < -0.3 is 40.3 Å². The maximum absolute atomic E-state index is 13.0. The van der Waals surface area contributed by atoms with Crippen LogP contribution in [-0.4, -0.2) is 87.5 Å². The Balaban J connectivity index is 2.28. The van der Waals surface area contributed by atoms with Crippen LogP contribution < -0.4 is 5.32 Å². The molecule has 1 amide bonds. The number of unbranched alkanes of at least 4 members (excludes halogenated alkanes) is 14. The molecule has 0 aliphatic carbocycles. The zero-order valence-corrected chi connectivity index (χ0v) is 45.6. The molecule has 7 unspecified atom stereocenters. The Labute approximate surface area is 444 Å². The van der Waals surface area contributed by atoms with Crippen molar-refractivity contribution < 1.29 is 39.8 Å². The Morgan fingerprint density at radius 2 is 0.863 bits per heavy atom. The number of carbonyl (C=O) groups is 1. The molecule has 1 aliphatic heterocycles. The molecule has 0 saturated carbocycles. The van der Waals surface area contributed by atoms with Crippen LogP contribution >= 0.6 is 0 Å². The predicted octanol–water partition coefficient (Wildman–Crippen LogP) is 14.3. The van der Waals surface area contributed by atoms with E-state index in [4.69, 9.17) is 9.47 Å². The summed E-state index contributed by atoms with van der Waals surface area (Å²) in [5.41, 5.74) is 0. The van der Waals surface area contributed by atoms with E-state index in [1.165, 1.54) is 44.9 Å². The summed E-state index contributed by atoms with van der Waals surface area (Å²) in [5.74, 6) is -0.217. The number of ether oxygens (including phenoxy) is 2. The molecule has 1 saturated heterocycles. The third kappa shape index (κ3) is 41.1. The van der Waals surface area contributed by atoms with Crippen molar-refractivity contribution in [2.24, 2.45) is 0 Å². The van der Waals surface area contributed by atoms with Gasteiger partial charge in [0.05, 0.1) is 25.4 Å². The van der Waals surface area contributed by atoms with E-state index in [0.717, 1.165) is 122 Å². The van der Waals surface area contributed by atoms with E-state index >= 15 is 0 Å². The first-order chi connectivity index (χ1) is 35.8. The SMILES string of the molecule is CC/C=C\C/C=C\C/C=C\C/C=C\C/C=C\C/C=C\C/C=C\C/C=C\C/C=C\CCCCCCCC(=O)NC(COC1OC(CO)C(O)C(O)C1O)C(O)/C=C/CC/C=C/CC/C=C/CCCCCCCCC. The summed E-state index contributed by atoms with van der Waals surface area (Å²) in [5, 5.41) is 54.4.